The van der Waals surface area contributed by atoms with Crippen LogP contribution in [0, 0.1) is 6.92 Å². The summed E-state index contributed by atoms with van der Waals surface area (Å²) in [7, 11) is 1.31. The number of esters is 1. The molecule has 4 nitrogen and oxygen atoms in total. The zero-order valence-corrected chi connectivity index (χ0v) is 12.4. The van der Waals surface area contributed by atoms with Gasteiger partial charge in [0.25, 0.3) is 5.91 Å². The highest BCUT2D eigenvalue weighted by molar-refractivity contribution is 6.31. The lowest BCUT2D eigenvalue weighted by molar-refractivity contribution is 0.0600. The Hall–Kier alpha value is -2.33. The Morgan fingerprint density at radius 1 is 1.10 bits per heavy atom. The van der Waals surface area contributed by atoms with Crippen LogP contribution in [-0.2, 0) is 4.74 Å². The van der Waals surface area contributed by atoms with Crippen molar-refractivity contribution in [3.63, 3.8) is 0 Å². The molecule has 0 saturated carbocycles. The molecule has 2 aromatic rings. The molecule has 0 aliphatic heterocycles. The Morgan fingerprint density at radius 3 is 2.52 bits per heavy atom. The molecule has 1 amide bonds. The summed E-state index contributed by atoms with van der Waals surface area (Å²) < 4.78 is 4.64. The van der Waals surface area contributed by atoms with Gasteiger partial charge in [-0.1, -0.05) is 23.7 Å². The maximum absolute atomic E-state index is 12.1. The van der Waals surface area contributed by atoms with E-state index in [1.807, 2.05) is 6.92 Å². The number of methoxy groups -OCH3 is 1. The molecule has 0 saturated heterocycles. The van der Waals surface area contributed by atoms with E-state index in [1.54, 1.807) is 42.5 Å². The first kappa shape index (κ1) is 15.1. The maximum Gasteiger partial charge on any atom is 0.337 e. The molecule has 5 heteroatoms. The van der Waals surface area contributed by atoms with E-state index in [9.17, 15) is 9.59 Å². The van der Waals surface area contributed by atoms with Crippen molar-refractivity contribution in [1.29, 1.82) is 0 Å². The molecule has 108 valence electrons. The summed E-state index contributed by atoms with van der Waals surface area (Å²) in [4.78, 5) is 23.6. The number of hydrogen-bond donors (Lipinski definition) is 1. The molecule has 0 aliphatic rings. The number of halogens is 1. The molecule has 0 atom stereocenters. The molecular formula is C16H14ClNO3. The van der Waals surface area contributed by atoms with Crippen molar-refractivity contribution in [1.82, 2.24) is 0 Å². The van der Waals surface area contributed by atoms with Gasteiger partial charge < -0.3 is 10.1 Å². The lowest BCUT2D eigenvalue weighted by Gasteiger charge is -2.08. The maximum atomic E-state index is 12.1. The highest BCUT2D eigenvalue weighted by Gasteiger charge is 2.10. The molecule has 0 unspecified atom stereocenters. The van der Waals surface area contributed by atoms with Gasteiger partial charge in [-0.05, 0) is 42.8 Å². The molecule has 0 radical (unpaired) electrons. The van der Waals surface area contributed by atoms with Gasteiger partial charge in [0.2, 0.25) is 0 Å². The van der Waals surface area contributed by atoms with Gasteiger partial charge >= 0.3 is 5.97 Å². The van der Waals surface area contributed by atoms with E-state index in [1.165, 1.54) is 7.11 Å². The van der Waals surface area contributed by atoms with Crippen LogP contribution in [-0.4, -0.2) is 19.0 Å². The summed E-state index contributed by atoms with van der Waals surface area (Å²) in [5.41, 5.74) is 2.24. The zero-order chi connectivity index (χ0) is 15.4. The Bertz CT molecular complexity index is 698. The number of benzene rings is 2. The second-order valence-electron chi connectivity index (χ2n) is 4.49. The van der Waals surface area contributed by atoms with Crippen LogP contribution in [0.1, 0.15) is 26.3 Å². The van der Waals surface area contributed by atoms with E-state index < -0.39 is 5.97 Å². The molecule has 0 fully saturated rings. The predicted molar refractivity (Wildman–Crippen MR) is 81.9 cm³/mol. The minimum atomic E-state index is -0.454. The normalized spacial score (nSPS) is 10.0. The number of carbonyl (C=O) groups excluding carboxylic acids is 2. The van der Waals surface area contributed by atoms with Gasteiger partial charge in [0.1, 0.15) is 0 Å². The first-order chi connectivity index (χ1) is 10.0. The third-order valence-corrected chi connectivity index (χ3v) is 3.38. The van der Waals surface area contributed by atoms with Gasteiger partial charge in [-0.3, -0.25) is 4.79 Å². The Balaban J connectivity index is 2.19. The monoisotopic (exact) mass is 303 g/mol. The number of nitrogens with one attached hydrogen (secondary N) is 1. The zero-order valence-electron chi connectivity index (χ0n) is 11.6. The third-order valence-electron chi connectivity index (χ3n) is 2.98. The van der Waals surface area contributed by atoms with E-state index in [0.29, 0.717) is 21.8 Å². The van der Waals surface area contributed by atoms with Gasteiger partial charge in [-0.15, -0.1) is 0 Å². The average Bonchev–Trinajstić information content (AvgIpc) is 2.49. The number of anilines is 1. The topological polar surface area (TPSA) is 55.4 Å². The van der Waals surface area contributed by atoms with Crippen molar-refractivity contribution >= 4 is 29.2 Å². The molecule has 0 aliphatic carbocycles. The summed E-state index contributed by atoms with van der Waals surface area (Å²) >= 11 is 6.01. The number of aryl methyl sites for hydroxylation is 1. The summed E-state index contributed by atoms with van der Waals surface area (Å²) in [6, 6.07) is 11.6. The first-order valence-corrected chi connectivity index (χ1v) is 6.65. The standard InChI is InChI=1S/C16H14ClNO3/c1-10-6-7-11(9-14(10)17)15(19)18-13-5-3-4-12(8-13)16(20)21-2/h3-9H,1-2H3,(H,18,19). The van der Waals surface area contributed by atoms with Crippen LogP contribution in [0.25, 0.3) is 0 Å². The van der Waals surface area contributed by atoms with Crippen LogP contribution in [0.2, 0.25) is 5.02 Å². The fraction of sp³-hybridized carbons (Fsp3) is 0.125. The molecule has 2 rings (SSSR count). The molecule has 0 spiro atoms. The minimum Gasteiger partial charge on any atom is -0.465 e. The average molecular weight is 304 g/mol. The SMILES string of the molecule is COC(=O)c1cccc(NC(=O)c2ccc(C)c(Cl)c2)c1. The largest absolute Gasteiger partial charge is 0.465 e. The van der Waals surface area contributed by atoms with Crippen LogP contribution in [0.5, 0.6) is 0 Å². The number of amides is 1. The Labute approximate surface area is 127 Å². The van der Waals surface area contributed by atoms with Crippen molar-refractivity contribution in [3.05, 3.63) is 64.2 Å². The predicted octanol–water partition coefficient (Wildman–Crippen LogP) is 3.69. The number of rotatable bonds is 3. The van der Waals surface area contributed by atoms with E-state index in [4.69, 9.17) is 11.6 Å². The van der Waals surface area contributed by atoms with Crippen LogP contribution in [0.3, 0.4) is 0 Å². The van der Waals surface area contributed by atoms with Crippen molar-refractivity contribution in [2.45, 2.75) is 6.92 Å². The second kappa shape index (κ2) is 6.41. The van der Waals surface area contributed by atoms with Gasteiger partial charge in [0, 0.05) is 16.3 Å². The van der Waals surface area contributed by atoms with E-state index in [0.717, 1.165) is 5.56 Å². The number of hydrogen-bond acceptors (Lipinski definition) is 3. The lowest BCUT2D eigenvalue weighted by atomic mass is 10.1. The van der Waals surface area contributed by atoms with Crippen molar-refractivity contribution in [2.24, 2.45) is 0 Å². The van der Waals surface area contributed by atoms with Gasteiger partial charge in [0.05, 0.1) is 12.7 Å². The fourth-order valence-electron chi connectivity index (χ4n) is 1.78. The smallest absolute Gasteiger partial charge is 0.337 e. The molecule has 0 aromatic heterocycles. The molecule has 2 aromatic carbocycles. The Kier molecular flexibility index (Phi) is 4.60. The van der Waals surface area contributed by atoms with E-state index in [2.05, 4.69) is 10.1 Å². The molecule has 21 heavy (non-hydrogen) atoms. The second-order valence-corrected chi connectivity index (χ2v) is 4.90. The van der Waals surface area contributed by atoms with Gasteiger partial charge in [-0.2, -0.15) is 0 Å². The van der Waals surface area contributed by atoms with Crippen LogP contribution < -0.4 is 5.32 Å². The number of ether oxygens (including phenoxy) is 1. The van der Waals surface area contributed by atoms with Crippen molar-refractivity contribution in [3.8, 4) is 0 Å². The quantitative estimate of drug-likeness (QED) is 0.880. The summed E-state index contributed by atoms with van der Waals surface area (Å²) in [6.07, 6.45) is 0. The molecular weight excluding hydrogens is 290 g/mol. The van der Waals surface area contributed by atoms with Crippen LogP contribution >= 0.6 is 11.6 Å². The Morgan fingerprint density at radius 2 is 1.86 bits per heavy atom. The molecule has 1 N–H and O–H groups in total. The lowest BCUT2D eigenvalue weighted by Crippen LogP contribution is -2.12. The summed E-state index contributed by atoms with van der Waals surface area (Å²) in [6.45, 7) is 1.86. The van der Waals surface area contributed by atoms with Crippen molar-refractivity contribution in [2.75, 3.05) is 12.4 Å². The van der Waals surface area contributed by atoms with Crippen LogP contribution in [0.15, 0.2) is 42.5 Å². The van der Waals surface area contributed by atoms with E-state index >= 15 is 0 Å². The third kappa shape index (κ3) is 3.61. The van der Waals surface area contributed by atoms with E-state index in [-0.39, 0.29) is 5.91 Å². The molecule has 0 heterocycles. The van der Waals surface area contributed by atoms with Gasteiger partial charge in [-0.25, -0.2) is 4.79 Å². The summed E-state index contributed by atoms with van der Waals surface area (Å²) in [5, 5.41) is 3.25. The molecule has 0 bridgehead atoms. The number of carbonyl (C=O) groups is 2. The summed E-state index contributed by atoms with van der Waals surface area (Å²) in [5.74, 6) is -0.747. The highest BCUT2D eigenvalue weighted by atomic mass is 35.5. The first-order valence-electron chi connectivity index (χ1n) is 6.27. The van der Waals surface area contributed by atoms with Crippen molar-refractivity contribution < 1.29 is 14.3 Å². The van der Waals surface area contributed by atoms with Crippen LogP contribution in [0.4, 0.5) is 5.69 Å². The van der Waals surface area contributed by atoms with Gasteiger partial charge in [0.15, 0.2) is 0 Å². The minimum absolute atomic E-state index is 0.293. The fourth-order valence-corrected chi connectivity index (χ4v) is 1.96. The highest BCUT2D eigenvalue weighted by Crippen LogP contribution is 2.18.